The summed E-state index contributed by atoms with van der Waals surface area (Å²) in [4.78, 5) is 29.1. The molecule has 0 aromatic carbocycles. The number of imidazole rings is 1. The second kappa shape index (κ2) is 5.73. The van der Waals surface area contributed by atoms with Gasteiger partial charge in [-0.1, -0.05) is 0 Å². The molecule has 2 N–H and O–H groups in total. The second-order valence-corrected chi connectivity index (χ2v) is 4.54. The maximum absolute atomic E-state index is 12.1. The Hall–Kier alpha value is -2.05. The lowest BCUT2D eigenvalue weighted by molar-refractivity contribution is -0.132. The minimum absolute atomic E-state index is 0.000200. The summed E-state index contributed by atoms with van der Waals surface area (Å²) in [6.07, 6.45) is 4.64. The van der Waals surface area contributed by atoms with Crippen molar-refractivity contribution in [2.75, 3.05) is 25.9 Å². The molecule has 0 spiro atoms. The number of methoxy groups -OCH3 is 1. The topological polar surface area (TPSA) is 90.4 Å². The monoisotopic (exact) mass is 266 g/mol. The Labute approximate surface area is 111 Å². The Bertz CT molecular complexity index is 477. The van der Waals surface area contributed by atoms with Crippen molar-refractivity contribution in [3.8, 4) is 0 Å². The zero-order chi connectivity index (χ0) is 13.8. The first-order valence-corrected chi connectivity index (χ1v) is 6.30. The fourth-order valence-electron chi connectivity index (χ4n) is 2.16. The Morgan fingerprint density at radius 3 is 2.68 bits per heavy atom. The zero-order valence-corrected chi connectivity index (χ0v) is 11.0. The fourth-order valence-corrected chi connectivity index (χ4v) is 2.16. The summed E-state index contributed by atoms with van der Waals surface area (Å²) < 4.78 is 6.04. The predicted octanol–water partition coefficient (Wildman–Crippen LogP) is 0.264. The molecule has 0 aliphatic carbocycles. The fraction of sp³-hybridized carbons (Fsp3) is 0.583. The third-order valence-corrected chi connectivity index (χ3v) is 3.27. The molecule has 2 heterocycles. The van der Waals surface area contributed by atoms with Crippen molar-refractivity contribution in [3.05, 3.63) is 12.0 Å². The number of anilines is 1. The summed E-state index contributed by atoms with van der Waals surface area (Å²) in [5, 5.41) is 0. The van der Waals surface area contributed by atoms with E-state index in [0.29, 0.717) is 0 Å². The van der Waals surface area contributed by atoms with Gasteiger partial charge in [0.15, 0.2) is 5.69 Å². The number of aromatic nitrogens is 2. The van der Waals surface area contributed by atoms with Crippen molar-refractivity contribution in [1.82, 2.24) is 14.5 Å². The van der Waals surface area contributed by atoms with Gasteiger partial charge in [0.05, 0.1) is 13.4 Å². The summed E-state index contributed by atoms with van der Waals surface area (Å²) in [6.45, 7) is 1.68. The average Bonchev–Trinajstić information content (AvgIpc) is 2.80. The maximum atomic E-state index is 12.1. The SMILES string of the molecule is COC(=O)c1ncn(CC(=O)N2CCCCC2)c1N. The number of nitrogens with zero attached hydrogens (tertiary/aromatic N) is 3. The highest BCUT2D eigenvalue weighted by Gasteiger charge is 2.20. The number of carbonyl (C=O) groups excluding carboxylic acids is 2. The molecule has 7 nitrogen and oxygen atoms in total. The van der Waals surface area contributed by atoms with Gasteiger partial charge in [0.1, 0.15) is 12.4 Å². The number of amides is 1. The van der Waals surface area contributed by atoms with Gasteiger partial charge in [-0.15, -0.1) is 0 Å². The predicted molar refractivity (Wildman–Crippen MR) is 68.4 cm³/mol. The summed E-state index contributed by atoms with van der Waals surface area (Å²) in [7, 11) is 1.26. The van der Waals surface area contributed by atoms with Crippen molar-refractivity contribution in [1.29, 1.82) is 0 Å². The van der Waals surface area contributed by atoms with Crippen LogP contribution in [0.1, 0.15) is 29.8 Å². The highest BCUT2D eigenvalue weighted by Crippen LogP contribution is 2.13. The van der Waals surface area contributed by atoms with Crippen LogP contribution in [0, 0.1) is 0 Å². The van der Waals surface area contributed by atoms with Gasteiger partial charge in [-0.05, 0) is 19.3 Å². The Morgan fingerprint density at radius 1 is 1.37 bits per heavy atom. The van der Waals surface area contributed by atoms with E-state index in [9.17, 15) is 9.59 Å². The van der Waals surface area contributed by atoms with E-state index in [-0.39, 0.29) is 24.0 Å². The lowest BCUT2D eigenvalue weighted by atomic mass is 10.1. The highest BCUT2D eigenvalue weighted by molar-refractivity contribution is 5.92. The summed E-state index contributed by atoms with van der Waals surface area (Å²) in [6, 6.07) is 0. The lowest BCUT2D eigenvalue weighted by Gasteiger charge is -2.26. The van der Waals surface area contributed by atoms with E-state index >= 15 is 0 Å². The van der Waals surface area contributed by atoms with Crippen LogP contribution in [0.3, 0.4) is 0 Å². The van der Waals surface area contributed by atoms with E-state index < -0.39 is 5.97 Å². The largest absolute Gasteiger partial charge is 0.464 e. The lowest BCUT2D eigenvalue weighted by Crippen LogP contribution is -2.37. The van der Waals surface area contributed by atoms with E-state index in [2.05, 4.69) is 9.72 Å². The molecule has 1 aromatic heterocycles. The van der Waals surface area contributed by atoms with Crippen LogP contribution >= 0.6 is 0 Å². The van der Waals surface area contributed by atoms with Crippen molar-refractivity contribution < 1.29 is 14.3 Å². The van der Waals surface area contributed by atoms with E-state index in [4.69, 9.17) is 5.73 Å². The molecular formula is C12H18N4O3. The molecule has 1 aromatic rings. The minimum atomic E-state index is -0.596. The van der Waals surface area contributed by atoms with Crippen LogP contribution in [0.15, 0.2) is 6.33 Å². The van der Waals surface area contributed by atoms with Crippen molar-refractivity contribution in [2.24, 2.45) is 0 Å². The number of likely N-dealkylation sites (tertiary alicyclic amines) is 1. The Balaban J connectivity index is 2.04. The molecule has 0 bridgehead atoms. The molecule has 2 rings (SSSR count). The first-order chi connectivity index (χ1) is 9.13. The molecule has 1 saturated heterocycles. The van der Waals surface area contributed by atoms with Crippen molar-refractivity contribution in [3.63, 3.8) is 0 Å². The molecule has 1 amide bonds. The molecule has 1 aliphatic heterocycles. The molecule has 104 valence electrons. The molecule has 7 heteroatoms. The number of carbonyl (C=O) groups is 2. The maximum Gasteiger partial charge on any atom is 0.360 e. The summed E-state index contributed by atoms with van der Waals surface area (Å²) in [5.41, 5.74) is 5.84. The molecule has 0 atom stereocenters. The number of piperidine rings is 1. The first kappa shape index (κ1) is 13.4. The summed E-state index contributed by atoms with van der Waals surface area (Å²) in [5.74, 6) is -0.431. The van der Waals surface area contributed by atoms with Crippen LogP contribution in [0.5, 0.6) is 0 Å². The van der Waals surface area contributed by atoms with Crippen LogP contribution in [-0.2, 0) is 16.1 Å². The molecule has 0 saturated carbocycles. The highest BCUT2D eigenvalue weighted by atomic mass is 16.5. The second-order valence-electron chi connectivity index (χ2n) is 4.54. The van der Waals surface area contributed by atoms with Gasteiger partial charge in [0.25, 0.3) is 0 Å². The number of nitrogen functional groups attached to an aromatic ring is 1. The van der Waals surface area contributed by atoms with Crippen molar-refractivity contribution >= 4 is 17.7 Å². The third-order valence-electron chi connectivity index (χ3n) is 3.27. The van der Waals surface area contributed by atoms with Crippen LogP contribution in [0.25, 0.3) is 0 Å². The van der Waals surface area contributed by atoms with E-state index in [1.165, 1.54) is 24.4 Å². The van der Waals surface area contributed by atoms with E-state index in [0.717, 1.165) is 25.9 Å². The molecule has 1 fully saturated rings. The minimum Gasteiger partial charge on any atom is -0.464 e. The summed E-state index contributed by atoms with van der Waals surface area (Å²) >= 11 is 0. The molecule has 0 radical (unpaired) electrons. The standard InChI is InChI=1S/C12H18N4O3/c1-19-12(18)10-11(13)16(8-14-10)7-9(17)15-5-3-2-4-6-15/h8H,2-7,13H2,1H3. The number of hydrogen-bond acceptors (Lipinski definition) is 5. The van der Waals surface area contributed by atoms with Gasteiger partial charge < -0.3 is 19.9 Å². The molecule has 19 heavy (non-hydrogen) atoms. The number of hydrogen-bond donors (Lipinski definition) is 1. The number of nitrogens with two attached hydrogens (primary N) is 1. The Kier molecular flexibility index (Phi) is 4.03. The van der Waals surface area contributed by atoms with Gasteiger partial charge >= 0.3 is 5.97 Å². The molecule has 1 aliphatic rings. The van der Waals surface area contributed by atoms with E-state index in [1.807, 2.05) is 4.90 Å². The first-order valence-electron chi connectivity index (χ1n) is 6.30. The van der Waals surface area contributed by atoms with E-state index in [1.54, 1.807) is 0 Å². The smallest absolute Gasteiger partial charge is 0.360 e. The molecule has 0 unspecified atom stereocenters. The zero-order valence-electron chi connectivity index (χ0n) is 11.0. The van der Waals surface area contributed by atoms with Gasteiger partial charge in [-0.2, -0.15) is 0 Å². The van der Waals surface area contributed by atoms with Crippen molar-refractivity contribution in [2.45, 2.75) is 25.8 Å². The number of rotatable bonds is 3. The van der Waals surface area contributed by atoms with Crippen LogP contribution in [-0.4, -0.2) is 46.5 Å². The number of esters is 1. The number of ether oxygens (including phenoxy) is 1. The normalized spacial score (nSPS) is 15.3. The average molecular weight is 266 g/mol. The molecular weight excluding hydrogens is 248 g/mol. The van der Waals surface area contributed by atoms with Crippen LogP contribution < -0.4 is 5.73 Å². The Morgan fingerprint density at radius 2 is 2.05 bits per heavy atom. The quantitative estimate of drug-likeness (QED) is 0.793. The third kappa shape index (κ3) is 2.86. The van der Waals surface area contributed by atoms with Crippen LogP contribution in [0.2, 0.25) is 0 Å². The van der Waals surface area contributed by atoms with Gasteiger partial charge in [-0.25, -0.2) is 9.78 Å². The van der Waals surface area contributed by atoms with Gasteiger partial charge in [0.2, 0.25) is 5.91 Å². The van der Waals surface area contributed by atoms with Gasteiger partial charge in [-0.3, -0.25) is 4.79 Å². The van der Waals surface area contributed by atoms with Crippen LogP contribution in [0.4, 0.5) is 5.82 Å². The van der Waals surface area contributed by atoms with Gasteiger partial charge in [0, 0.05) is 13.1 Å².